The molecule has 0 amide bonds. The molecule has 4 rings (SSSR count). The van der Waals surface area contributed by atoms with Crippen LogP contribution < -0.4 is 10.6 Å². The Hall–Kier alpha value is -1.60. The Bertz CT molecular complexity index is 817. The predicted molar refractivity (Wildman–Crippen MR) is 110 cm³/mol. The minimum atomic E-state index is 0. The van der Waals surface area contributed by atoms with Gasteiger partial charge in [0.2, 0.25) is 0 Å². The molecule has 0 aliphatic carbocycles. The van der Waals surface area contributed by atoms with Crippen LogP contribution >= 0.6 is 36.2 Å². The molecule has 0 atom stereocenters. The number of nitrogens with two attached hydrogens (primary N) is 1. The fourth-order valence-electron chi connectivity index (χ4n) is 3.10. The average Bonchev–Trinajstić information content (AvgIpc) is 3.04. The lowest BCUT2D eigenvalue weighted by Gasteiger charge is -2.35. The second-order valence-electron chi connectivity index (χ2n) is 5.84. The Labute approximate surface area is 163 Å². The summed E-state index contributed by atoms with van der Waals surface area (Å²) in [5.41, 5.74) is 7.98. The van der Waals surface area contributed by atoms with Gasteiger partial charge in [-0.25, -0.2) is 9.97 Å². The van der Waals surface area contributed by atoms with Crippen molar-refractivity contribution in [3.63, 3.8) is 0 Å². The summed E-state index contributed by atoms with van der Waals surface area (Å²) in [5.74, 6) is 1.07. The molecular formula is C17H21Cl2N5S. The first kappa shape index (κ1) is 19.7. The van der Waals surface area contributed by atoms with Crippen molar-refractivity contribution in [1.29, 1.82) is 0 Å². The van der Waals surface area contributed by atoms with Crippen LogP contribution in [0.3, 0.4) is 0 Å². The molecule has 2 aromatic heterocycles. The van der Waals surface area contributed by atoms with E-state index in [1.807, 2.05) is 12.1 Å². The average molecular weight is 398 g/mol. The van der Waals surface area contributed by atoms with E-state index in [4.69, 9.17) is 5.73 Å². The molecule has 134 valence electrons. The molecule has 25 heavy (non-hydrogen) atoms. The summed E-state index contributed by atoms with van der Waals surface area (Å²) >= 11 is 1.67. The predicted octanol–water partition coefficient (Wildman–Crippen LogP) is 3.44. The third kappa shape index (κ3) is 4.33. The second kappa shape index (κ2) is 8.67. The van der Waals surface area contributed by atoms with E-state index < -0.39 is 0 Å². The van der Waals surface area contributed by atoms with Gasteiger partial charge in [-0.1, -0.05) is 12.1 Å². The van der Waals surface area contributed by atoms with Crippen molar-refractivity contribution in [3.05, 3.63) is 47.6 Å². The molecule has 2 N–H and O–H groups in total. The highest BCUT2D eigenvalue weighted by Gasteiger charge is 2.20. The first-order valence-electron chi connectivity index (χ1n) is 7.79. The van der Waals surface area contributed by atoms with Crippen LogP contribution in [0.5, 0.6) is 0 Å². The number of halogens is 2. The van der Waals surface area contributed by atoms with Crippen molar-refractivity contribution in [2.24, 2.45) is 0 Å². The Morgan fingerprint density at radius 3 is 2.60 bits per heavy atom. The van der Waals surface area contributed by atoms with Crippen molar-refractivity contribution in [1.82, 2.24) is 14.9 Å². The molecule has 5 nitrogen and oxygen atoms in total. The van der Waals surface area contributed by atoms with Crippen LogP contribution in [0.4, 0.5) is 11.5 Å². The van der Waals surface area contributed by atoms with Crippen LogP contribution in [0, 0.1) is 0 Å². The van der Waals surface area contributed by atoms with E-state index in [1.165, 1.54) is 10.9 Å². The molecular weight excluding hydrogens is 377 g/mol. The van der Waals surface area contributed by atoms with Gasteiger partial charge >= 0.3 is 0 Å². The highest BCUT2D eigenvalue weighted by molar-refractivity contribution is 7.16. The summed E-state index contributed by atoms with van der Waals surface area (Å²) in [4.78, 5) is 14.7. The Morgan fingerprint density at radius 2 is 1.84 bits per heavy atom. The largest absolute Gasteiger partial charge is 0.399 e. The molecule has 1 saturated heterocycles. The molecule has 3 aromatic rings. The zero-order chi connectivity index (χ0) is 15.6. The smallest absolute Gasteiger partial charge is 0.140 e. The van der Waals surface area contributed by atoms with Crippen molar-refractivity contribution >= 4 is 57.9 Å². The third-order valence-corrected chi connectivity index (χ3v) is 5.09. The first-order chi connectivity index (χ1) is 11.3. The van der Waals surface area contributed by atoms with Gasteiger partial charge in [-0.15, -0.1) is 36.2 Å². The molecule has 0 unspecified atom stereocenters. The molecule has 8 heteroatoms. The lowest BCUT2D eigenvalue weighted by molar-refractivity contribution is 0.249. The van der Waals surface area contributed by atoms with Crippen molar-refractivity contribution in [3.8, 4) is 0 Å². The Balaban J connectivity index is 0.00000113. The Morgan fingerprint density at radius 1 is 1.04 bits per heavy atom. The lowest BCUT2D eigenvalue weighted by Crippen LogP contribution is -2.46. The number of aromatic nitrogens is 2. The van der Waals surface area contributed by atoms with Gasteiger partial charge in [-0.3, -0.25) is 4.90 Å². The molecule has 1 aromatic carbocycles. The Kier molecular flexibility index (Phi) is 6.84. The van der Waals surface area contributed by atoms with E-state index >= 15 is 0 Å². The number of thiophene rings is 1. The number of anilines is 2. The number of hydrogen-bond donors (Lipinski definition) is 1. The molecule has 1 aliphatic rings. The van der Waals surface area contributed by atoms with Crippen LogP contribution in [0.15, 0.2) is 42.0 Å². The standard InChI is InChI=1S/C17H19N5S.2ClH/c18-14-3-1-2-13(10-14)11-21-5-7-22(8-6-21)16-15-4-9-23-17(15)20-12-19-16;;/h1-4,9-10,12H,5-8,11,18H2;2*1H. The van der Waals surface area contributed by atoms with Gasteiger partial charge in [-0.05, 0) is 29.1 Å². The molecule has 1 aliphatic heterocycles. The quantitative estimate of drug-likeness (QED) is 0.685. The molecule has 0 radical (unpaired) electrons. The van der Waals surface area contributed by atoms with Gasteiger partial charge in [0, 0.05) is 38.4 Å². The summed E-state index contributed by atoms with van der Waals surface area (Å²) in [6, 6.07) is 10.3. The van der Waals surface area contributed by atoms with Crippen molar-refractivity contribution in [2.45, 2.75) is 6.54 Å². The summed E-state index contributed by atoms with van der Waals surface area (Å²) < 4.78 is 0. The van der Waals surface area contributed by atoms with Gasteiger partial charge in [0.05, 0.1) is 5.39 Å². The van der Waals surface area contributed by atoms with Crippen LogP contribution in [-0.2, 0) is 6.54 Å². The molecule has 3 heterocycles. The monoisotopic (exact) mass is 397 g/mol. The van der Waals surface area contributed by atoms with Crippen molar-refractivity contribution < 1.29 is 0 Å². The number of nitrogens with zero attached hydrogens (tertiary/aromatic N) is 4. The minimum Gasteiger partial charge on any atom is -0.399 e. The van der Waals surface area contributed by atoms with Gasteiger partial charge in [-0.2, -0.15) is 0 Å². The maximum atomic E-state index is 5.86. The summed E-state index contributed by atoms with van der Waals surface area (Å²) in [5, 5.41) is 3.25. The normalized spacial score (nSPS) is 14.8. The second-order valence-corrected chi connectivity index (χ2v) is 6.74. The highest BCUT2D eigenvalue weighted by atomic mass is 35.5. The van der Waals surface area contributed by atoms with Crippen molar-refractivity contribution in [2.75, 3.05) is 36.8 Å². The number of hydrogen-bond acceptors (Lipinski definition) is 6. The van der Waals surface area contributed by atoms with E-state index in [-0.39, 0.29) is 24.8 Å². The van der Waals surface area contributed by atoms with E-state index in [9.17, 15) is 0 Å². The van der Waals surface area contributed by atoms with E-state index in [2.05, 4.69) is 43.3 Å². The summed E-state index contributed by atoms with van der Waals surface area (Å²) in [7, 11) is 0. The van der Waals surface area contributed by atoms with Gasteiger partial charge in [0.25, 0.3) is 0 Å². The maximum Gasteiger partial charge on any atom is 0.140 e. The van der Waals surface area contributed by atoms with E-state index in [0.717, 1.165) is 49.1 Å². The van der Waals surface area contributed by atoms with Crippen LogP contribution in [0.25, 0.3) is 10.2 Å². The number of fused-ring (bicyclic) bond motifs is 1. The third-order valence-electron chi connectivity index (χ3n) is 4.27. The minimum absolute atomic E-state index is 0. The fourth-order valence-corrected chi connectivity index (χ4v) is 3.82. The number of benzene rings is 1. The fraction of sp³-hybridized carbons (Fsp3) is 0.294. The lowest BCUT2D eigenvalue weighted by atomic mass is 10.1. The van der Waals surface area contributed by atoms with Gasteiger partial charge in [0.1, 0.15) is 17.0 Å². The van der Waals surface area contributed by atoms with Crippen LogP contribution in [0.1, 0.15) is 5.56 Å². The molecule has 0 saturated carbocycles. The zero-order valence-electron chi connectivity index (χ0n) is 13.7. The maximum absolute atomic E-state index is 5.86. The summed E-state index contributed by atoms with van der Waals surface area (Å²) in [6.07, 6.45) is 1.67. The van der Waals surface area contributed by atoms with Gasteiger partial charge in [0.15, 0.2) is 0 Å². The summed E-state index contributed by atoms with van der Waals surface area (Å²) in [6.45, 7) is 5.00. The van der Waals surface area contributed by atoms with E-state index in [1.54, 1.807) is 17.7 Å². The zero-order valence-corrected chi connectivity index (χ0v) is 16.1. The first-order valence-corrected chi connectivity index (χ1v) is 8.67. The van der Waals surface area contributed by atoms with Crippen LogP contribution in [-0.4, -0.2) is 41.0 Å². The van der Waals surface area contributed by atoms with E-state index in [0.29, 0.717) is 0 Å². The van der Waals surface area contributed by atoms with Crippen LogP contribution in [0.2, 0.25) is 0 Å². The number of piperazine rings is 1. The molecule has 1 fully saturated rings. The van der Waals surface area contributed by atoms with Gasteiger partial charge < -0.3 is 10.6 Å². The number of nitrogen functional groups attached to an aromatic ring is 1. The molecule has 0 bridgehead atoms. The molecule has 0 spiro atoms. The highest BCUT2D eigenvalue weighted by Crippen LogP contribution is 2.27. The SMILES string of the molecule is Cl.Cl.Nc1cccc(CN2CCN(c3ncnc4sccc34)CC2)c1. The topological polar surface area (TPSA) is 58.3 Å². The number of rotatable bonds is 3.